The van der Waals surface area contributed by atoms with Gasteiger partial charge in [0.25, 0.3) is 0 Å². The molecule has 0 saturated heterocycles. The van der Waals surface area contributed by atoms with Gasteiger partial charge in [0.2, 0.25) is 5.91 Å². The average Bonchev–Trinajstić information content (AvgIpc) is 2.67. The number of benzene rings is 2. The van der Waals surface area contributed by atoms with Crippen LogP contribution >= 0.6 is 0 Å². The summed E-state index contributed by atoms with van der Waals surface area (Å²) in [6.07, 6.45) is 0. The Hall–Kier alpha value is -2.61. The molecule has 2 aromatic rings. The lowest BCUT2D eigenvalue weighted by molar-refractivity contribution is -0.122. The van der Waals surface area contributed by atoms with Gasteiger partial charge in [-0.05, 0) is 62.7 Å². The molecule has 1 aliphatic rings. The first-order chi connectivity index (χ1) is 13.1. The number of ether oxygens (including phenoxy) is 2. The first kappa shape index (κ1) is 20.1. The number of amides is 1. The van der Waals surface area contributed by atoms with Crippen molar-refractivity contribution in [1.82, 2.24) is 5.32 Å². The standard InChI is InChI=1S/C20H22FNO5S/c1-13(28(24,25)16-7-5-15(21)6-8-16)19(23)22-20(2,3)14-4-9-17-18(12-14)27-11-10-26-17/h4-9,12-13H,10-11H2,1-3H3,(H,22,23). The summed E-state index contributed by atoms with van der Waals surface area (Å²) in [6.45, 7) is 5.77. The number of sulfone groups is 1. The maximum absolute atomic E-state index is 13.1. The van der Waals surface area contributed by atoms with Gasteiger partial charge in [-0.25, -0.2) is 12.8 Å². The lowest BCUT2D eigenvalue weighted by Crippen LogP contribution is -2.47. The van der Waals surface area contributed by atoms with Gasteiger partial charge >= 0.3 is 0 Å². The monoisotopic (exact) mass is 407 g/mol. The second-order valence-electron chi connectivity index (χ2n) is 7.11. The molecule has 1 amide bonds. The Morgan fingerprint density at radius 3 is 2.32 bits per heavy atom. The maximum Gasteiger partial charge on any atom is 0.239 e. The van der Waals surface area contributed by atoms with Crippen molar-refractivity contribution in [3.63, 3.8) is 0 Å². The Morgan fingerprint density at radius 2 is 1.68 bits per heavy atom. The fraction of sp³-hybridized carbons (Fsp3) is 0.350. The Balaban J connectivity index is 1.79. The summed E-state index contributed by atoms with van der Waals surface area (Å²) < 4.78 is 49.5. The van der Waals surface area contributed by atoms with Crippen LogP contribution < -0.4 is 14.8 Å². The highest BCUT2D eigenvalue weighted by Gasteiger charge is 2.34. The molecule has 6 nitrogen and oxygen atoms in total. The second-order valence-corrected chi connectivity index (χ2v) is 9.38. The van der Waals surface area contributed by atoms with E-state index in [2.05, 4.69) is 5.32 Å². The summed E-state index contributed by atoms with van der Waals surface area (Å²) >= 11 is 0. The van der Waals surface area contributed by atoms with Crippen molar-refractivity contribution in [2.75, 3.05) is 13.2 Å². The molecule has 1 unspecified atom stereocenters. The summed E-state index contributed by atoms with van der Waals surface area (Å²) in [7, 11) is -3.95. The van der Waals surface area contributed by atoms with Gasteiger partial charge in [-0.1, -0.05) is 6.07 Å². The van der Waals surface area contributed by atoms with Gasteiger partial charge in [0.1, 0.15) is 24.3 Å². The average molecular weight is 407 g/mol. The molecule has 1 atom stereocenters. The summed E-state index contributed by atoms with van der Waals surface area (Å²) in [5.41, 5.74) is -0.101. The third-order valence-corrected chi connectivity index (χ3v) is 6.75. The number of fused-ring (bicyclic) bond motifs is 1. The van der Waals surface area contributed by atoms with E-state index >= 15 is 0 Å². The van der Waals surface area contributed by atoms with Crippen LogP contribution in [0, 0.1) is 5.82 Å². The Labute approximate surface area is 163 Å². The van der Waals surface area contributed by atoms with E-state index in [1.807, 2.05) is 0 Å². The number of carbonyl (C=O) groups is 1. The van der Waals surface area contributed by atoms with Crippen LogP contribution in [0.1, 0.15) is 26.3 Å². The Morgan fingerprint density at radius 1 is 1.07 bits per heavy atom. The van der Waals surface area contributed by atoms with Gasteiger partial charge < -0.3 is 14.8 Å². The lowest BCUT2D eigenvalue weighted by Gasteiger charge is -2.30. The van der Waals surface area contributed by atoms with Crippen LogP contribution in [0.4, 0.5) is 4.39 Å². The van der Waals surface area contributed by atoms with Crippen LogP contribution in [-0.4, -0.2) is 32.8 Å². The smallest absolute Gasteiger partial charge is 0.239 e. The normalized spacial score (nSPS) is 15.0. The third kappa shape index (κ3) is 3.96. The molecule has 0 saturated carbocycles. The molecule has 0 bridgehead atoms. The summed E-state index contributed by atoms with van der Waals surface area (Å²) in [4.78, 5) is 12.6. The lowest BCUT2D eigenvalue weighted by atomic mass is 9.93. The van der Waals surface area contributed by atoms with Crippen molar-refractivity contribution in [2.45, 2.75) is 36.5 Å². The molecule has 0 fully saturated rings. The molecule has 1 heterocycles. The molecule has 3 rings (SSSR count). The zero-order valence-electron chi connectivity index (χ0n) is 15.9. The van der Waals surface area contributed by atoms with E-state index in [-0.39, 0.29) is 4.90 Å². The number of halogens is 1. The highest BCUT2D eigenvalue weighted by molar-refractivity contribution is 7.92. The topological polar surface area (TPSA) is 81.7 Å². The highest BCUT2D eigenvalue weighted by Crippen LogP contribution is 2.34. The minimum absolute atomic E-state index is 0.103. The molecular formula is C20H22FNO5S. The van der Waals surface area contributed by atoms with Crippen LogP contribution in [0.5, 0.6) is 11.5 Å². The quantitative estimate of drug-likeness (QED) is 0.771. The van der Waals surface area contributed by atoms with Crippen molar-refractivity contribution in [1.29, 1.82) is 0 Å². The fourth-order valence-corrected chi connectivity index (χ4v) is 4.15. The first-order valence-corrected chi connectivity index (χ1v) is 10.4. The van der Waals surface area contributed by atoms with Crippen molar-refractivity contribution in [3.8, 4) is 11.5 Å². The number of hydrogen-bond donors (Lipinski definition) is 1. The molecule has 0 radical (unpaired) electrons. The van der Waals surface area contributed by atoms with Gasteiger partial charge in [0, 0.05) is 0 Å². The minimum Gasteiger partial charge on any atom is -0.486 e. The number of carbonyl (C=O) groups excluding carboxylic acids is 1. The van der Waals surface area contributed by atoms with Gasteiger partial charge in [0.05, 0.1) is 10.4 Å². The molecule has 1 N–H and O–H groups in total. The zero-order valence-corrected chi connectivity index (χ0v) is 16.7. The predicted molar refractivity (Wildman–Crippen MR) is 102 cm³/mol. The van der Waals surface area contributed by atoms with Crippen LogP contribution in [0.15, 0.2) is 47.4 Å². The SMILES string of the molecule is CC(C(=O)NC(C)(C)c1ccc2c(c1)OCCO2)S(=O)(=O)c1ccc(F)cc1. The Kier molecular flexibility index (Phi) is 5.34. The van der Waals surface area contributed by atoms with E-state index in [9.17, 15) is 17.6 Å². The largest absolute Gasteiger partial charge is 0.486 e. The van der Waals surface area contributed by atoms with Crippen LogP contribution in [0.25, 0.3) is 0 Å². The molecule has 0 aliphatic carbocycles. The number of nitrogens with one attached hydrogen (secondary N) is 1. The van der Waals surface area contributed by atoms with Crippen LogP contribution in [-0.2, 0) is 20.2 Å². The summed E-state index contributed by atoms with van der Waals surface area (Å²) in [5, 5.41) is 1.44. The molecule has 2 aromatic carbocycles. The zero-order chi connectivity index (χ0) is 20.5. The molecular weight excluding hydrogens is 385 g/mol. The number of rotatable bonds is 5. The fourth-order valence-electron chi connectivity index (χ4n) is 2.88. The van der Waals surface area contributed by atoms with Crippen LogP contribution in [0.2, 0.25) is 0 Å². The van der Waals surface area contributed by atoms with Crippen molar-refractivity contribution in [2.24, 2.45) is 0 Å². The van der Waals surface area contributed by atoms with E-state index in [1.165, 1.54) is 6.92 Å². The molecule has 28 heavy (non-hydrogen) atoms. The van der Waals surface area contributed by atoms with E-state index in [4.69, 9.17) is 9.47 Å². The summed E-state index contributed by atoms with van der Waals surface area (Å²) in [6, 6.07) is 9.74. The van der Waals surface area contributed by atoms with Gasteiger partial charge in [-0.3, -0.25) is 4.79 Å². The number of hydrogen-bond acceptors (Lipinski definition) is 5. The maximum atomic E-state index is 13.1. The van der Waals surface area contributed by atoms with Gasteiger partial charge in [-0.15, -0.1) is 0 Å². The van der Waals surface area contributed by atoms with E-state index < -0.39 is 32.4 Å². The molecule has 0 spiro atoms. The van der Waals surface area contributed by atoms with Crippen molar-refractivity contribution >= 4 is 15.7 Å². The Bertz CT molecular complexity index is 986. The van der Waals surface area contributed by atoms with Crippen LogP contribution in [0.3, 0.4) is 0 Å². The predicted octanol–water partition coefficient (Wildman–Crippen LogP) is 2.81. The first-order valence-electron chi connectivity index (χ1n) is 8.83. The van der Waals surface area contributed by atoms with E-state index in [0.717, 1.165) is 29.8 Å². The second kappa shape index (κ2) is 7.43. The molecule has 150 valence electrons. The minimum atomic E-state index is -3.95. The molecule has 1 aliphatic heterocycles. The van der Waals surface area contributed by atoms with E-state index in [1.54, 1.807) is 32.0 Å². The van der Waals surface area contributed by atoms with E-state index in [0.29, 0.717) is 24.7 Å². The molecule has 8 heteroatoms. The van der Waals surface area contributed by atoms with Crippen molar-refractivity contribution in [3.05, 3.63) is 53.8 Å². The van der Waals surface area contributed by atoms with Gasteiger partial charge in [0.15, 0.2) is 21.3 Å². The third-order valence-electron chi connectivity index (χ3n) is 4.68. The highest BCUT2D eigenvalue weighted by atomic mass is 32.2. The van der Waals surface area contributed by atoms with Gasteiger partial charge in [-0.2, -0.15) is 0 Å². The summed E-state index contributed by atoms with van der Waals surface area (Å²) in [5.74, 6) is 0.0162. The molecule has 0 aromatic heterocycles. The van der Waals surface area contributed by atoms with Crippen molar-refractivity contribution < 1.29 is 27.1 Å².